The molecule has 0 aromatic heterocycles. The van der Waals surface area contributed by atoms with Gasteiger partial charge >= 0.3 is 0 Å². The van der Waals surface area contributed by atoms with Crippen molar-refractivity contribution in [2.75, 3.05) is 5.75 Å². The lowest BCUT2D eigenvalue weighted by atomic mass is 11.0. The van der Waals surface area contributed by atoms with Crippen molar-refractivity contribution >= 4 is 12.0 Å². The Bertz CT molecular complexity index is 17.1. The van der Waals surface area contributed by atoms with Gasteiger partial charge in [0, 0.05) is 17.8 Å². The monoisotopic (exact) mass is 96.0 g/mol. The molecule has 0 aliphatic carbocycles. The van der Waals surface area contributed by atoms with Crippen molar-refractivity contribution < 1.29 is 8.91 Å². The summed E-state index contributed by atoms with van der Waals surface area (Å²) in [6, 6.07) is 0. The van der Waals surface area contributed by atoms with Crippen LogP contribution in [0.4, 0.5) is 4.53 Å². The zero-order chi connectivity index (χ0) is 4.12. The molecule has 1 nitrogen and oxygen atoms in total. The first-order chi connectivity index (χ1) is 2.41. The first kappa shape index (κ1) is 5.24. The molecule has 0 atom stereocenters. The number of hydrogen-bond acceptors (Lipinski definition) is 2. The van der Waals surface area contributed by atoms with Gasteiger partial charge in [0.05, 0.1) is 0 Å². The zero-order valence-electron chi connectivity index (χ0n) is 2.90. The maximum absolute atomic E-state index is 10.5. The van der Waals surface area contributed by atoms with Crippen molar-refractivity contribution in [2.45, 2.75) is 6.92 Å². The SMILES string of the molecule is CCSOF. The summed E-state index contributed by atoms with van der Waals surface area (Å²) in [5.74, 6) is 0.663. The molecular weight excluding hydrogens is 91.1 g/mol. The van der Waals surface area contributed by atoms with E-state index in [1.807, 2.05) is 6.92 Å². The Labute approximate surface area is 34.6 Å². The van der Waals surface area contributed by atoms with Crippen molar-refractivity contribution in [1.82, 2.24) is 0 Å². The van der Waals surface area contributed by atoms with E-state index in [4.69, 9.17) is 0 Å². The molecule has 0 saturated heterocycles. The molecule has 0 spiro atoms. The zero-order valence-corrected chi connectivity index (χ0v) is 3.72. The first-order valence-electron chi connectivity index (χ1n) is 1.32. The molecule has 0 N–H and O–H groups in total. The fourth-order valence-electron chi connectivity index (χ4n) is 0.0445. The van der Waals surface area contributed by atoms with E-state index in [-0.39, 0.29) is 0 Å². The van der Waals surface area contributed by atoms with Crippen LogP contribution in [0.3, 0.4) is 0 Å². The summed E-state index contributed by atoms with van der Waals surface area (Å²) < 4.78 is 13.6. The highest BCUT2D eigenvalue weighted by atomic mass is 32.2. The third kappa shape index (κ3) is 4.24. The van der Waals surface area contributed by atoms with Gasteiger partial charge in [0.1, 0.15) is 0 Å². The largest absolute Gasteiger partial charge is 0.120 e. The molecule has 0 aromatic carbocycles. The highest BCUT2D eigenvalue weighted by Gasteiger charge is 1.72. The quantitative estimate of drug-likeness (QED) is 0.482. The summed E-state index contributed by atoms with van der Waals surface area (Å²) >= 11 is 0.796. The van der Waals surface area contributed by atoms with Gasteiger partial charge in [0.2, 0.25) is 0 Å². The lowest BCUT2D eigenvalue weighted by molar-refractivity contribution is 0.0233. The van der Waals surface area contributed by atoms with Crippen LogP contribution in [0.2, 0.25) is 0 Å². The molecule has 5 heavy (non-hydrogen) atoms. The van der Waals surface area contributed by atoms with Gasteiger partial charge in [-0.2, -0.15) is 0 Å². The van der Waals surface area contributed by atoms with Gasteiger partial charge in [0.15, 0.2) is 0 Å². The predicted octanol–water partition coefficient (Wildman–Crippen LogP) is 1.56. The van der Waals surface area contributed by atoms with Crippen LogP contribution in [0.1, 0.15) is 6.92 Å². The van der Waals surface area contributed by atoms with Crippen LogP contribution in [-0.2, 0) is 4.39 Å². The Morgan fingerprint density at radius 2 is 2.60 bits per heavy atom. The Hall–Kier alpha value is 0.240. The number of rotatable bonds is 2. The molecule has 0 fully saturated rings. The predicted molar refractivity (Wildman–Crippen MR) is 20.3 cm³/mol. The standard InChI is InChI=1S/C2H5FOS/c1-2-5-4-3/h2H2,1H3. The molecule has 0 aliphatic rings. The van der Waals surface area contributed by atoms with E-state index in [1.165, 1.54) is 0 Å². The number of halogens is 1. The van der Waals surface area contributed by atoms with Crippen molar-refractivity contribution in [1.29, 1.82) is 0 Å². The average Bonchev–Trinajstić information content (AvgIpc) is 1.41. The molecule has 0 aliphatic heterocycles. The summed E-state index contributed by atoms with van der Waals surface area (Å²) in [6.07, 6.45) is 0. The van der Waals surface area contributed by atoms with E-state index >= 15 is 0 Å². The minimum Gasteiger partial charge on any atom is -0.120 e. The molecule has 0 amide bonds. The van der Waals surface area contributed by atoms with Crippen LogP contribution < -0.4 is 0 Å². The summed E-state index contributed by atoms with van der Waals surface area (Å²) in [7, 11) is 0. The van der Waals surface area contributed by atoms with Crippen molar-refractivity contribution in [2.24, 2.45) is 0 Å². The maximum Gasteiger partial charge on any atom is 0.0367 e. The van der Waals surface area contributed by atoms with Gasteiger partial charge < -0.3 is 0 Å². The molecule has 3 heteroatoms. The Morgan fingerprint density at radius 3 is 2.60 bits per heavy atom. The summed E-state index contributed by atoms with van der Waals surface area (Å²) in [5.41, 5.74) is 0. The summed E-state index contributed by atoms with van der Waals surface area (Å²) in [5, 5.41) is 0. The van der Waals surface area contributed by atoms with Crippen LogP contribution in [0.25, 0.3) is 0 Å². The fourth-order valence-corrected chi connectivity index (χ4v) is 0.134. The molecule has 0 bridgehead atoms. The van der Waals surface area contributed by atoms with Crippen LogP contribution in [0, 0.1) is 0 Å². The molecule has 0 radical (unpaired) electrons. The molecule has 0 heterocycles. The lowest BCUT2D eigenvalue weighted by Gasteiger charge is -1.75. The topological polar surface area (TPSA) is 9.23 Å². The summed E-state index contributed by atoms with van der Waals surface area (Å²) in [6.45, 7) is 1.81. The highest BCUT2D eigenvalue weighted by molar-refractivity contribution is 7.94. The Kier molecular flexibility index (Phi) is 4.44. The van der Waals surface area contributed by atoms with Gasteiger partial charge in [-0.1, -0.05) is 6.92 Å². The second kappa shape index (κ2) is 4.24. The molecule has 0 saturated carbocycles. The van der Waals surface area contributed by atoms with Gasteiger partial charge in [-0.15, -0.1) is 4.39 Å². The minimum absolute atomic E-state index is 0.663. The van der Waals surface area contributed by atoms with Crippen molar-refractivity contribution in [3.05, 3.63) is 0 Å². The van der Waals surface area contributed by atoms with Crippen molar-refractivity contribution in [3.63, 3.8) is 0 Å². The lowest BCUT2D eigenvalue weighted by Crippen LogP contribution is -1.58. The molecular formula is C2H5FOS. The third-order valence-electron chi connectivity index (χ3n) is 0.162. The Morgan fingerprint density at radius 1 is 2.00 bits per heavy atom. The van der Waals surface area contributed by atoms with Crippen LogP contribution in [-0.4, -0.2) is 5.75 Å². The van der Waals surface area contributed by atoms with E-state index in [2.05, 4.69) is 4.39 Å². The third-order valence-corrected chi connectivity index (χ3v) is 0.487. The van der Waals surface area contributed by atoms with Crippen LogP contribution in [0.5, 0.6) is 0 Å². The van der Waals surface area contributed by atoms with Crippen LogP contribution in [0.15, 0.2) is 0 Å². The molecule has 0 unspecified atom stereocenters. The smallest absolute Gasteiger partial charge is 0.0367 e. The number of hydrogen-bond donors (Lipinski definition) is 0. The normalized spacial score (nSPS) is 8.40. The fraction of sp³-hybridized carbons (Fsp3) is 1.00. The van der Waals surface area contributed by atoms with E-state index in [9.17, 15) is 4.53 Å². The highest BCUT2D eigenvalue weighted by Crippen LogP contribution is 1.98. The van der Waals surface area contributed by atoms with Gasteiger partial charge in [-0.05, 0) is 4.53 Å². The molecule has 0 rings (SSSR count). The first-order valence-corrected chi connectivity index (χ1v) is 2.23. The second-order valence-corrected chi connectivity index (χ2v) is 1.41. The van der Waals surface area contributed by atoms with Gasteiger partial charge in [-0.25, -0.2) is 0 Å². The van der Waals surface area contributed by atoms with E-state index in [1.54, 1.807) is 0 Å². The van der Waals surface area contributed by atoms with Crippen molar-refractivity contribution in [3.8, 4) is 0 Å². The Balaban J connectivity index is 2.19. The van der Waals surface area contributed by atoms with Gasteiger partial charge in [0.25, 0.3) is 0 Å². The molecule has 0 aromatic rings. The minimum atomic E-state index is 0.663. The van der Waals surface area contributed by atoms with E-state index < -0.39 is 0 Å². The van der Waals surface area contributed by atoms with E-state index in [0.29, 0.717) is 5.75 Å². The maximum atomic E-state index is 10.5. The average molecular weight is 96.1 g/mol. The van der Waals surface area contributed by atoms with Crippen LogP contribution >= 0.6 is 12.0 Å². The van der Waals surface area contributed by atoms with E-state index in [0.717, 1.165) is 12.0 Å². The second-order valence-electron chi connectivity index (χ2n) is 0.470. The summed E-state index contributed by atoms with van der Waals surface area (Å²) in [4.78, 5) is 0. The molecule has 32 valence electrons. The van der Waals surface area contributed by atoms with Gasteiger partial charge in [-0.3, -0.25) is 0 Å².